The van der Waals surface area contributed by atoms with E-state index in [-0.39, 0.29) is 6.61 Å². The molecule has 2 aromatic carbocycles. The van der Waals surface area contributed by atoms with Gasteiger partial charge in [-0.2, -0.15) is 8.75 Å². The van der Waals surface area contributed by atoms with E-state index in [1.165, 1.54) is 0 Å². The van der Waals surface area contributed by atoms with Crippen molar-refractivity contribution in [2.24, 2.45) is 0 Å². The lowest BCUT2D eigenvalue weighted by Gasteiger charge is -2.07. The van der Waals surface area contributed by atoms with Crippen LogP contribution in [0, 0.1) is 0 Å². The molecule has 142 valence electrons. The lowest BCUT2D eigenvalue weighted by molar-refractivity contribution is 0.0464. The second kappa shape index (κ2) is 7.65. The highest BCUT2D eigenvalue weighted by molar-refractivity contribution is 7.00. The van der Waals surface area contributed by atoms with Gasteiger partial charge in [0.1, 0.15) is 23.3 Å². The lowest BCUT2D eigenvalue weighted by Crippen LogP contribution is -2.05. The Morgan fingerprint density at radius 3 is 2.64 bits per heavy atom. The van der Waals surface area contributed by atoms with Gasteiger partial charge in [0.15, 0.2) is 17.3 Å². The molecular formula is C19H15N3O5S. The zero-order valence-electron chi connectivity index (χ0n) is 15.0. The van der Waals surface area contributed by atoms with Crippen LogP contribution < -0.4 is 9.47 Å². The fourth-order valence-electron chi connectivity index (χ4n) is 2.64. The molecule has 2 heterocycles. The van der Waals surface area contributed by atoms with Crippen molar-refractivity contribution in [3.05, 3.63) is 53.7 Å². The van der Waals surface area contributed by atoms with Crippen LogP contribution in [0.15, 0.2) is 47.0 Å². The third-order valence-electron chi connectivity index (χ3n) is 4.07. The summed E-state index contributed by atoms with van der Waals surface area (Å²) in [6.07, 6.45) is 0. The third-order valence-corrected chi connectivity index (χ3v) is 4.62. The fourth-order valence-corrected chi connectivity index (χ4v) is 3.15. The number of hydrogen-bond donors (Lipinski definition) is 0. The number of aromatic nitrogens is 3. The SMILES string of the molecule is COc1ccc(-c2cc(COC(=O)c3ccc4nsnc4c3)no2)cc1OC. The average Bonchev–Trinajstić information content (AvgIpc) is 3.40. The number of esters is 1. The minimum absolute atomic E-state index is 0.0109. The largest absolute Gasteiger partial charge is 0.493 e. The summed E-state index contributed by atoms with van der Waals surface area (Å²) in [6, 6.07) is 12.1. The van der Waals surface area contributed by atoms with E-state index in [4.69, 9.17) is 18.7 Å². The standard InChI is InChI=1S/C19H15N3O5S/c1-24-16-6-4-11(8-18(16)25-2)17-9-13(20-27-17)10-26-19(23)12-3-5-14-15(7-12)22-28-21-14/h3-9H,10H2,1-2H3. The Bertz CT molecular complexity index is 1140. The number of ether oxygens (including phenoxy) is 3. The van der Waals surface area contributed by atoms with Gasteiger partial charge in [-0.25, -0.2) is 4.79 Å². The summed E-state index contributed by atoms with van der Waals surface area (Å²) in [4.78, 5) is 12.3. The number of methoxy groups -OCH3 is 2. The summed E-state index contributed by atoms with van der Waals surface area (Å²) in [5.74, 6) is 1.26. The Hall–Kier alpha value is -3.46. The Morgan fingerprint density at radius 2 is 1.82 bits per heavy atom. The van der Waals surface area contributed by atoms with E-state index >= 15 is 0 Å². The van der Waals surface area contributed by atoms with Gasteiger partial charge in [-0.05, 0) is 36.4 Å². The van der Waals surface area contributed by atoms with Gasteiger partial charge in [-0.1, -0.05) is 5.16 Å². The molecule has 0 radical (unpaired) electrons. The van der Waals surface area contributed by atoms with E-state index < -0.39 is 5.97 Å². The van der Waals surface area contributed by atoms with E-state index in [2.05, 4.69) is 13.9 Å². The van der Waals surface area contributed by atoms with Crippen LogP contribution in [0.5, 0.6) is 11.5 Å². The number of fused-ring (bicyclic) bond motifs is 1. The van der Waals surface area contributed by atoms with E-state index in [1.807, 2.05) is 6.07 Å². The van der Waals surface area contributed by atoms with Gasteiger partial charge in [-0.3, -0.25) is 0 Å². The molecule has 0 saturated heterocycles. The molecule has 0 aliphatic carbocycles. The Kier molecular flexibility index (Phi) is 4.90. The molecule has 0 bridgehead atoms. The Labute approximate surface area is 164 Å². The molecule has 0 aliphatic rings. The van der Waals surface area contributed by atoms with Crippen molar-refractivity contribution >= 4 is 28.7 Å². The number of nitrogens with zero attached hydrogens (tertiary/aromatic N) is 3. The van der Waals surface area contributed by atoms with E-state index in [0.29, 0.717) is 34.0 Å². The van der Waals surface area contributed by atoms with Gasteiger partial charge in [0.2, 0.25) is 0 Å². The normalized spacial score (nSPS) is 10.8. The average molecular weight is 397 g/mol. The van der Waals surface area contributed by atoms with Crippen molar-refractivity contribution in [3.63, 3.8) is 0 Å². The zero-order chi connectivity index (χ0) is 19.5. The van der Waals surface area contributed by atoms with Gasteiger partial charge >= 0.3 is 5.97 Å². The summed E-state index contributed by atoms with van der Waals surface area (Å²) >= 11 is 1.10. The van der Waals surface area contributed by atoms with Crippen LogP contribution in [0.3, 0.4) is 0 Å². The van der Waals surface area contributed by atoms with Crippen LogP contribution in [-0.4, -0.2) is 34.1 Å². The summed E-state index contributed by atoms with van der Waals surface area (Å²) in [6.45, 7) is -0.0109. The first-order valence-electron chi connectivity index (χ1n) is 8.25. The lowest BCUT2D eigenvalue weighted by atomic mass is 10.1. The monoisotopic (exact) mass is 397 g/mol. The predicted molar refractivity (Wildman–Crippen MR) is 102 cm³/mol. The molecular weight excluding hydrogens is 382 g/mol. The second-order valence-electron chi connectivity index (χ2n) is 5.80. The zero-order valence-corrected chi connectivity index (χ0v) is 15.9. The van der Waals surface area contributed by atoms with Gasteiger partial charge < -0.3 is 18.7 Å². The Morgan fingerprint density at radius 1 is 1.00 bits per heavy atom. The topological polar surface area (TPSA) is 96.6 Å². The quantitative estimate of drug-likeness (QED) is 0.454. The first kappa shape index (κ1) is 17.9. The molecule has 28 heavy (non-hydrogen) atoms. The summed E-state index contributed by atoms with van der Waals surface area (Å²) in [7, 11) is 3.13. The number of carbonyl (C=O) groups is 1. The first-order chi connectivity index (χ1) is 13.7. The molecule has 8 nitrogen and oxygen atoms in total. The van der Waals surface area contributed by atoms with Crippen molar-refractivity contribution in [2.75, 3.05) is 14.2 Å². The Balaban J connectivity index is 1.45. The van der Waals surface area contributed by atoms with Gasteiger partial charge in [0.25, 0.3) is 0 Å². The van der Waals surface area contributed by atoms with Crippen molar-refractivity contribution in [1.82, 2.24) is 13.9 Å². The molecule has 0 N–H and O–H groups in total. The molecule has 0 saturated carbocycles. The molecule has 0 amide bonds. The minimum Gasteiger partial charge on any atom is -0.493 e. The number of benzene rings is 2. The molecule has 0 aliphatic heterocycles. The van der Waals surface area contributed by atoms with E-state index in [9.17, 15) is 4.79 Å². The van der Waals surface area contributed by atoms with Crippen LogP contribution in [0.4, 0.5) is 0 Å². The molecule has 0 fully saturated rings. The van der Waals surface area contributed by atoms with Crippen LogP contribution in [0.1, 0.15) is 16.1 Å². The summed E-state index contributed by atoms with van der Waals surface area (Å²) < 4.78 is 29.4. The van der Waals surface area contributed by atoms with Crippen LogP contribution in [0.2, 0.25) is 0 Å². The molecule has 4 aromatic rings. The van der Waals surface area contributed by atoms with Gasteiger partial charge in [-0.15, -0.1) is 0 Å². The molecule has 0 spiro atoms. The van der Waals surface area contributed by atoms with Crippen LogP contribution in [-0.2, 0) is 11.3 Å². The highest BCUT2D eigenvalue weighted by Crippen LogP contribution is 2.32. The van der Waals surface area contributed by atoms with Crippen molar-refractivity contribution < 1.29 is 23.5 Å². The highest BCUT2D eigenvalue weighted by Gasteiger charge is 2.14. The summed E-state index contributed by atoms with van der Waals surface area (Å²) in [5.41, 5.74) is 3.08. The molecule has 4 rings (SSSR count). The minimum atomic E-state index is -0.467. The summed E-state index contributed by atoms with van der Waals surface area (Å²) in [5, 5.41) is 3.95. The predicted octanol–water partition coefficient (Wildman–Crippen LogP) is 3.72. The van der Waals surface area contributed by atoms with Crippen molar-refractivity contribution in [3.8, 4) is 22.8 Å². The number of hydrogen-bond acceptors (Lipinski definition) is 9. The maximum Gasteiger partial charge on any atom is 0.338 e. The van der Waals surface area contributed by atoms with E-state index in [0.717, 1.165) is 22.8 Å². The number of carbonyl (C=O) groups excluding carboxylic acids is 1. The van der Waals surface area contributed by atoms with Gasteiger partial charge in [0.05, 0.1) is 31.5 Å². The van der Waals surface area contributed by atoms with E-state index in [1.54, 1.807) is 50.6 Å². The highest BCUT2D eigenvalue weighted by atomic mass is 32.1. The first-order valence-corrected chi connectivity index (χ1v) is 8.98. The van der Waals surface area contributed by atoms with Crippen molar-refractivity contribution in [1.29, 1.82) is 0 Å². The van der Waals surface area contributed by atoms with Gasteiger partial charge in [0, 0.05) is 11.6 Å². The molecule has 0 unspecified atom stereocenters. The maximum absolute atomic E-state index is 12.3. The number of rotatable bonds is 6. The fraction of sp³-hybridized carbons (Fsp3) is 0.158. The smallest absolute Gasteiger partial charge is 0.338 e. The van der Waals surface area contributed by atoms with Crippen LogP contribution >= 0.6 is 11.7 Å². The second-order valence-corrected chi connectivity index (χ2v) is 6.32. The third kappa shape index (κ3) is 3.52. The maximum atomic E-state index is 12.3. The molecule has 2 aromatic heterocycles. The molecule has 0 atom stereocenters. The molecule has 9 heteroatoms. The van der Waals surface area contributed by atoms with Crippen molar-refractivity contribution in [2.45, 2.75) is 6.61 Å². The van der Waals surface area contributed by atoms with Crippen LogP contribution in [0.25, 0.3) is 22.4 Å².